The van der Waals surface area contributed by atoms with Crippen LogP contribution >= 0.6 is 11.3 Å². The van der Waals surface area contributed by atoms with Crippen LogP contribution in [0.1, 0.15) is 0 Å². The van der Waals surface area contributed by atoms with Crippen LogP contribution in [0.15, 0.2) is 170 Å². The van der Waals surface area contributed by atoms with E-state index in [1.54, 1.807) is 0 Å². The fraction of sp³-hybridized carbons (Fsp3) is 0. The van der Waals surface area contributed by atoms with Gasteiger partial charge >= 0.3 is 0 Å². The fourth-order valence-electron chi connectivity index (χ4n) is 6.68. The molecule has 46 heavy (non-hydrogen) atoms. The minimum Gasteiger partial charge on any atom is -0.295 e. The maximum atomic E-state index is 5.07. The summed E-state index contributed by atoms with van der Waals surface area (Å²) in [6.45, 7) is 0. The minimum absolute atomic E-state index is 0.894. The Hall–Kier alpha value is -5.77. The summed E-state index contributed by atoms with van der Waals surface area (Å²) in [7, 11) is 0. The summed E-state index contributed by atoms with van der Waals surface area (Å²) in [5, 5.41) is 7.58. The second kappa shape index (κ2) is 11.0. The summed E-state index contributed by atoms with van der Waals surface area (Å²) in [5.74, 6) is 0.894. The molecule has 0 saturated carbocycles. The molecule has 0 amide bonds. The summed E-state index contributed by atoms with van der Waals surface area (Å²) in [6.07, 6.45) is 2.04. The van der Waals surface area contributed by atoms with E-state index in [1.807, 2.05) is 17.5 Å². The zero-order valence-electron chi connectivity index (χ0n) is 25.0. The van der Waals surface area contributed by atoms with Gasteiger partial charge in [0.1, 0.15) is 5.82 Å². The first-order valence-corrected chi connectivity index (χ1v) is 16.4. The summed E-state index contributed by atoms with van der Waals surface area (Å²) < 4.78 is 2.48. The van der Waals surface area contributed by atoms with Crippen molar-refractivity contribution in [1.82, 2.24) is 4.98 Å². The van der Waals surface area contributed by atoms with Gasteiger partial charge in [0.25, 0.3) is 0 Å². The van der Waals surface area contributed by atoms with Crippen LogP contribution in [0.5, 0.6) is 0 Å². The Kier molecular flexibility index (Phi) is 6.36. The van der Waals surface area contributed by atoms with Crippen LogP contribution < -0.4 is 4.90 Å². The van der Waals surface area contributed by atoms with Crippen molar-refractivity contribution in [3.05, 3.63) is 170 Å². The molecule has 0 fully saturated rings. The van der Waals surface area contributed by atoms with Gasteiger partial charge in [-0.2, -0.15) is 0 Å². The molecule has 7 aromatic carbocycles. The van der Waals surface area contributed by atoms with E-state index < -0.39 is 0 Å². The molecular weight excluding hydrogens is 577 g/mol. The molecule has 0 spiro atoms. The number of benzene rings is 7. The predicted octanol–water partition coefficient (Wildman–Crippen LogP) is 12.6. The Balaban J connectivity index is 1.20. The average molecular weight is 605 g/mol. The lowest BCUT2D eigenvalue weighted by Gasteiger charge is -2.25. The van der Waals surface area contributed by atoms with Gasteiger partial charge in [0.2, 0.25) is 0 Å². The molecule has 3 heteroatoms. The molecule has 0 bridgehead atoms. The monoisotopic (exact) mass is 604 g/mol. The van der Waals surface area contributed by atoms with Gasteiger partial charge < -0.3 is 0 Å². The molecule has 0 radical (unpaired) electrons. The van der Waals surface area contributed by atoms with Crippen molar-refractivity contribution in [3.8, 4) is 22.3 Å². The number of rotatable bonds is 5. The van der Waals surface area contributed by atoms with Crippen molar-refractivity contribution in [2.75, 3.05) is 4.90 Å². The smallest absolute Gasteiger partial charge is 0.138 e. The highest BCUT2D eigenvalue weighted by atomic mass is 32.1. The number of hydrogen-bond donors (Lipinski definition) is 0. The van der Waals surface area contributed by atoms with E-state index in [1.165, 1.54) is 64.0 Å². The van der Waals surface area contributed by atoms with E-state index in [9.17, 15) is 0 Å². The Morgan fingerprint density at radius 2 is 1.04 bits per heavy atom. The third-order valence-corrected chi connectivity index (χ3v) is 10.0. The molecule has 0 saturated heterocycles. The van der Waals surface area contributed by atoms with Crippen molar-refractivity contribution in [2.24, 2.45) is 0 Å². The van der Waals surface area contributed by atoms with Gasteiger partial charge in [-0.3, -0.25) is 4.90 Å². The number of aromatic nitrogens is 1. The summed E-state index contributed by atoms with van der Waals surface area (Å²) >= 11 is 1.81. The lowest BCUT2D eigenvalue weighted by atomic mass is 9.98. The maximum Gasteiger partial charge on any atom is 0.138 e. The second-order valence-corrected chi connectivity index (χ2v) is 12.7. The van der Waals surface area contributed by atoms with Crippen LogP contribution in [-0.4, -0.2) is 4.98 Å². The molecule has 0 aliphatic rings. The first-order valence-electron chi connectivity index (χ1n) is 15.5. The molecule has 0 aliphatic carbocycles. The first kappa shape index (κ1) is 26.6. The molecule has 0 aliphatic heterocycles. The maximum absolute atomic E-state index is 5.07. The molecule has 9 aromatic rings. The van der Waals surface area contributed by atoms with Gasteiger partial charge in [-0.25, -0.2) is 4.98 Å². The topological polar surface area (TPSA) is 16.1 Å². The number of anilines is 3. The van der Waals surface area contributed by atoms with E-state index in [-0.39, 0.29) is 0 Å². The van der Waals surface area contributed by atoms with Crippen LogP contribution in [0.2, 0.25) is 0 Å². The molecular formula is C43H28N2S. The Morgan fingerprint density at radius 1 is 0.435 bits per heavy atom. The van der Waals surface area contributed by atoms with E-state index in [0.717, 1.165) is 17.2 Å². The van der Waals surface area contributed by atoms with Crippen LogP contribution in [0.3, 0.4) is 0 Å². The molecule has 0 atom stereocenters. The highest BCUT2D eigenvalue weighted by Crippen LogP contribution is 2.42. The van der Waals surface area contributed by atoms with Crippen molar-refractivity contribution in [1.29, 1.82) is 0 Å². The fourth-order valence-corrected chi connectivity index (χ4v) is 7.75. The Morgan fingerprint density at radius 3 is 1.80 bits per heavy atom. The van der Waals surface area contributed by atoms with E-state index in [2.05, 4.69) is 169 Å². The standard InChI is InChI=1S/C43H28N2S/c1-2-9-29(10-3-1)30-17-22-34(23-18-30)45(35-24-19-33(20-25-35)37-16-8-13-31-11-4-6-14-36(31)37)42-27-39-41(28-44-42)46-40-26-21-32-12-5-7-15-38(32)43(39)40/h1-28H. The molecule has 0 unspecified atom stereocenters. The number of hydrogen-bond acceptors (Lipinski definition) is 3. The van der Waals surface area contributed by atoms with Crippen LogP contribution in [-0.2, 0) is 0 Å². The lowest BCUT2D eigenvalue weighted by molar-refractivity contribution is 1.19. The SMILES string of the molecule is c1ccc(-c2ccc(N(c3ccc(-c4cccc5ccccc45)cc3)c3cc4c(cn3)sc3ccc5ccccc5c34)cc2)cc1. The van der Waals surface area contributed by atoms with Gasteiger partial charge in [0, 0.05) is 33.0 Å². The molecule has 2 heterocycles. The van der Waals surface area contributed by atoms with Gasteiger partial charge in [-0.05, 0) is 80.2 Å². The predicted molar refractivity (Wildman–Crippen MR) is 198 cm³/mol. The van der Waals surface area contributed by atoms with E-state index in [0.29, 0.717) is 0 Å². The molecule has 0 N–H and O–H groups in total. The number of pyridine rings is 1. The molecule has 2 aromatic heterocycles. The molecule has 9 rings (SSSR count). The number of fused-ring (bicyclic) bond motifs is 6. The van der Waals surface area contributed by atoms with Gasteiger partial charge in [0.05, 0.1) is 4.70 Å². The number of thiophene rings is 1. The lowest BCUT2D eigenvalue weighted by Crippen LogP contribution is -2.11. The Labute approximate surface area is 271 Å². The normalized spacial score (nSPS) is 11.5. The van der Waals surface area contributed by atoms with Crippen LogP contribution in [0.25, 0.3) is 64.0 Å². The second-order valence-electron chi connectivity index (χ2n) is 11.6. The molecule has 2 nitrogen and oxygen atoms in total. The Bertz CT molecular complexity index is 2510. The zero-order valence-corrected chi connectivity index (χ0v) is 25.8. The van der Waals surface area contributed by atoms with Gasteiger partial charge in [-0.1, -0.05) is 127 Å². The van der Waals surface area contributed by atoms with Gasteiger partial charge in [-0.15, -0.1) is 11.3 Å². The summed E-state index contributed by atoms with van der Waals surface area (Å²) in [6, 6.07) is 58.7. The average Bonchev–Trinajstić information content (AvgIpc) is 3.51. The van der Waals surface area contributed by atoms with Crippen molar-refractivity contribution in [2.45, 2.75) is 0 Å². The van der Waals surface area contributed by atoms with Gasteiger partial charge in [0.15, 0.2) is 0 Å². The van der Waals surface area contributed by atoms with E-state index >= 15 is 0 Å². The summed E-state index contributed by atoms with van der Waals surface area (Å²) in [4.78, 5) is 7.35. The third kappa shape index (κ3) is 4.52. The third-order valence-electron chi connectivity index (χ3n) is 8.92. The highest BCUT2D eigenvalue weighted by molar-refractivity contribution is 7.26. The minimum atomic E-state index is 0.894. The zero-order chi connectivity index (χ0) is 30.5. The number of nitrogens with zero attached hydrogens (tertiary/aromatic N) is 2. The van der Waals surface area contributed by atoms with Crippen LogP contribution in [0.4, 0.5) is 17.2 Å². The summed E-state index contributed by atoms with van der Waals surface area (Å²) in [5.41, 5.74) is 6.95. The van der Waals surface area contributed by atoms with Crippen LogP contribution in [0, 0.1) is 0 Å². The van der Waals surface area contributed by atoms with Crippen molar-refractivity contribution < 1.29 is 0 Å². The largest absolute Gasteiger partial charge is 0.295 e. The van der Waals surface area contributed by atoms with Crippen molar-refractivity contribution in [3.63, 3.8) is 0 Å². The van der Waals surface area contributed by atoms with Crippen molar-refractivity contribution >= 4 is 70.2 Å². The molecule has 216 valence electrons. The van der Waals surface area contributed by atoms with E-state index in [4.69, 9.17) is 4.98 Å². The quantitative estimate of drug-likeness (QED) is 0.194. The highest BCUT2D eigenvalue weighted by Gasteiger charge is 2.18. The first-order chi connectivity index (χ1) is 22.8.